The molecule has 2 rings (SSSR count). The molecule has 0 aliphatic carbocycles. The Morgan fingerprint density at radius 1 is 1.25 bits per heavy atom. The summed E-state index contributed by atoms with van der Waals surface area (Å²) in [5.74, 6) is 0. The highest BCUT2D eigenvalue weighted by atomic mass is 32.1. The molecule has 1 aromatic heterocycles. The van der Waals surface area contributed by atoms with Gasteiger partial charge in [-0.2, -0.15) is 5.26 Å². The number of aryl methyl sites for hydroxylation is 1. The topological polar surface area (TPSA) is 35.8 Å². The lowest BCUT2D eigenvalue weighted by molar-refractivity contribution is 1.14. The molecule has 1 heterocycles. The van der Waals surface area contributed by atoms with Crippen LogP contribution in [0.25, 0.3) is 0 Å². The number of rotatable bonds is 3. The number of nitrogens with zero attached hydrogens (tertiary/aromatic N) is 1. The Hall–Kier alpha value is -1.79. The first-order chi connectivity index (χ1) is 7.79. The first-order valence-corrected chi connectivity index (χ1v) is 5.99. The lowest BCUT2D eigenvalue weighted by Crippen LogP contribution is -1.99. The van der Waals surface area contributed by atoms with Crippen LogP contribution >= 0.6 is 11.3 Å². The number of benzene rings is 1. The fraction of sp³-hybridized carbons (Fsp3) is 0.154. The zero-order valence-electron chi connectivity index (χ0n) is 9.03. The minimum absolute atomic E-state index is 0.704. The molecule has 80 valence electrons. The van der Waals surface area contributed by atoms with Gasteiger partial charge in [0, 0.05) is 17.6 Å². The van der Waals surface area contributed by atoms with Crippen LogP contribution in [0.2, 0.25) is 0 Å². The van der Waals surface area contributed by atoms with Crippen molar-refractivity contribution < 1.29 is 0 Å². The van der Waals surface area contributed by atoms with Crippen molar-refractivity contribution in [1.82, 2.24) is 0 Å². The van der Waals surface area contributed by atoms with Crippen molar-refractivity contribution in [3.63, 3.8) is 0 Å². The van der Waals surface area contributed by atoms with E-state index in [-0.39, 0.29) is 0 Å². The fourth-order valence-corrected chi connectivity index (χ4v) is 2.24. The molecule has 1 N–H and O–H groups in total. The molecule has 0 atom stereocenters. The predicted molar refractivity (Wildman–Crippen MR) is 67.5 cm³/mol. The highest BCUT2D eigenvalue weighted by Gasteiger charge is 1.98. The third-order valence-electron chi connectivity index (χ3n) is 2.42. The van der Waals surface area contributed by atoms with Gasteiger partial charge in [0.25, 0.3) is 0 Å². The van der Waals surface area contributed by atoms with Gasteiger partial charge in [0.05, 0.1) is 11.6 Å². The van der Waals surface area contributed by atoms with E-state index in [2.05, 4.69) is 29.1 Å². The Morgan fingerprint density at radius 2 is 2.00 bits per heavy atom. The second-order valence-corrected chi connectivity index (χ2v) is 4.37. The van der Waals surface area contributed by atoms with E-state index in [1.807, 2.05) is 24.3 Å². The number of nitrogens with one attached hydrogen (secondary N) is 1. The van der Waals surface area contributed by atoms with Crippen molar-refractivity contribution in [3.05, 3.63) is 51.7 Å². The van der Waals surface area contributed by atoms with Crippen molar-refractivity contribution in [2.24, 2.45) is 0 Å². The summed E-state index contributed by atoms with van der Waals surface area (Å²) >= 11 is 1.70. The molecular formula is C13H12N2S. The predicted octanol–water partition coefficient (Wildman–Crippen LogP) is 3.54. The van der Waals surface area contributed by atoms with Crippen LogP contribution in [0.4, 0.5) is 5.69 Å². The van der Waals surface area contributed by atoms with Gasteiger partial charge in [-0.25, -0.2) is 0 Å². The third-order valence-corrected chi connectivity index (χ3v) is 3.28. The van der Waals surface area contributed by atoms with Gasteiger partial charge < -0.3 is 5.32 Å². The van der Waals surface area contributed by atoms with E-state index >= 15 is 0 Å². The van der Waals surface area contributed by atoms with Crippen LogP contribution in [0.1, 0.15) is 16.7 Å². The molecule has 0 aliphatic heterocycles. The minimum atomic E-state index is 0.704. The maximum absolute atomic E-state index is 8.68. The second kappa shape index (κ2) is 4.82. The molecular weight excluding hydrogens is 216 g/mol. The first kappa shape index (κ1) is 10.7. The van der Waals surface area contributed by atoms with Crippen LogP contribution < -0.4 is 5.32 Å². The molecule has 2 aromatic rings. The number of hydrogen-bond donors (Lipinski definition) is 1. The Morgan fingerprint density at radius 3 is 2.56 bits per heavy atom. The van der Waals surface area contributed by atoms with Crippen LogP contribution in [0.15, 0.2) is 35.0 Å². The third kappa shape index (κ3) is 2.41. The molecule has 0 amide bonds. The van der Waals surface area contributed by atoms with E-state index in [9.17, 15) is 0 Å². The molecule has 0 saturated heterocycles. The number of nitriles is 1. The Balaban J connectivity index is 2.00. The van der Waals surface area contributed by atoms with Crippen LogP contribution in [-0.4, -0.2) is 0 Å². The van der Waals surface area contributed by atoms with Crippen molar-refractivity contribution in [2.75, 3.05) is 5.32 Å². The van der Waals surface area contributed by atoms with Crippen LogP contribution in [-0.2, 0) is 6.54 Å². The maximum atomic E-state index is 8.68. The Labute approximate surface area is 99.2 Å². The van der Waals surface area contributed by atoms with Gasteiger partial charge in [-0.3, -0.25) is 0 Å². The summed E-state index contributed by atoms with van der Waals surface area (Å²) in [6.45, 7) is 2.89. The minimum Gasteiger partial charge on any atom is -0.380 e. The van der Waals surface area contributed by atoms with Gasteiger partial charge in [0.2, 0.25) is 0 Å². The Bertz CT molecular complexity index is 505. The summed E-state index contributed by atoms with van der Waals surface area (Å²) in [6.07, 6.45) is 0. The largest absolute Gasteiger partial charge is 0.380 e. The summed E-state index contributed by atoms with van der Waals surface area (Å²) in [5.41, 5.74) is 4.35. The molecule has 0 unspecified atom stereocenters. The summed E-state index contributed by atoms with van der Waals surface area (Å²) in [5, 5.41) is 16.3. The second-order valence-electron chi connectivity index (χ2n) is 3.63. The van der Waals surface area contributed by atoms with Gasteiger partial charge in [-0.05, 0) is 35.6 Å². The van der Waals surface area contributed by atoms with E-state index in [0.717, 1.165) is 6.54 Å². The molecule has 0 spiro atoms. The van der Waals surface area contributed by atoms with Crippen molar-refractivity contribution in [1.29, 1.82) is 5.26 Å². The van der Waals surface area contributed by atoms with E-state index in [0.29, 0.717) is 5.56 Å². The average Bonchev–Trinajstić information content (AvgIpc) is 2.73. The molecule has 0 fully saturated rings. The quantitative estimate of drug-likeness (QED) is 0.872. The lowest BCUT2D eigenvalue weighted by Gasteiger charge is -2.05. The monoisotopic (exact) mass is 228 g/mol. The SMILES string of the molecule is Cc1cscc1NCc1ccc(C#N)cc1. The average molecular weight is 228 g/mol. The molecule has 16 heavy (non-hydrogen) atoms. The summed E-state index contributed by atoms with van der Waals surface area (Å²) in [7, 11) is 0. The van der Waals surface area contributed by atoms with Gasteiger partial charge in [0.1, 0.15) is 0 Å². The number of hydrogen-bond acceptors (Lipinski definition) is 3. The van der Waals surface area contributed by atoms with E-state index in [1.54, 1.807) is 11.3 Å². The molecule has 0 bridgehead atoms. The van der Waals surface area contributed by atoms with Gasteiger partial charge in [-0.15, -0.1) is 11.3 Å². The van der Waals surface area contributed by atoms with Crippen molar-refractivity contribution >= 4 is 17.0 Å². The molecule has 1 aromatic carbocycles. The number of thiophene rings is 1. The van der Waals surface area contributed by atoms with Gasteiger partial charge in [-0.1, -0.05) is 12.1 Å². The van der Waals surface area contributed by atoms with Crippen molar-refractivity contribution in [2.45, 2.75) is 13.5 Å². The summed E-state index contributed by atoms with van der Waals surface area (Å²) in [4.78, 5) is 0. The smallest absolute Gasteiger partial charge is 0.0991 e. The standard InChI is InChI=1S/C13H12N2S/c1-10-8-16-9-13(10)15-7-12-4-2-11(6-14)3-5-12/h2-5,8-9,15H,7H2,1H3. The lowest BCUT2D eigenvalue weighted by atomic mass is 10.1. The van der Waals surface area contributed by atoms with Crippen LogP contribution in [0, 0.1) is 18.3 Å². The molecule has 0 radical (unpaired) electrons. The number of anilines is 1. The normalized spacial score (nSPS) is 9.75. The highest BCUT2D eigenvalue weighted by Crippen LogP contribution is 2.20. The maximum Gasteiger partial charge on any atom is 0.0991 e. The van der Waals surface area contributed by atoms with E-state index in [4.69, 9.17) is 5.26 Å². The zero-order chi connectivity index (χ0) is 11.4. The molecule has 2 nitrogen and oxygen atoms in total. The van der Waals surface area contributed by atoms with Gasteiger partial charge >= 0.3 is 0 Å². The molecule has 3 heteroatoms. The van der Waals surface area contributed by atoms with Crippen molar-refractivity contribution in [3.8, 4) is 6.07 Å². The molecule has 0 saturated carbocycles. The Kier molecular flexibility index (Phi) is 3.23. The van der Waals surface area contributed by atoms with E-state index < -0.39 is 0 Å². The first-order valence-electron chi connectivity index (χ1n) is 5.05. The van der Waals surface area contributed by atoms with E-state index in [1.165, 1.54) is 16.8 Å². The zero-order valence-corrected chi connectivity index (χ0v) is 9.84. The summed E-state index contributed by atoms with van der Waals surface area (Å²) in [6, 6.07) is 9.76. The highest BCUT2D eigenvalue weighted by molar-refractivity contribution is 7.08. The summed E-state index contributed by atoms with van der Waals surface area (Å²) < 4.78 is 0. The van der Waals surface area contributed by atoms with Crippen LogP contribution in [0.3, 0.4) is 0 Å². The van der Waals surface area contributed by atoms with Gasteiger partial charge in [0.15, 0.2) is 0 Å². The fourth-order valence-electron chi connectivity index (χ4n) is 1.44. The van der Waals surface area contributed by atoms with Crippen LogP contribution in [0.5, 0.6) is 0 Å². The molecule has 0 aliphatic rings.